The number of nitrogens with one attached hydrogen (secondary N) is 1. The second kappa shape index (κ2) is 6.02. The quantitative estimate of drug-likeness (QED) is 0.923. The van der Waals surface area contributed by atoms with Gasteiger partial charge in [-0.15, -0.1) is 0 Å². The molecule has 1 heterocycles. The van der Waals surface area contributed by atoms with E-state index in [0.29, 0.717) is 23.1 Å². The number of nitriles is 1. The van der Waals surface area contributed by atoms with Gasteiger partial charge in [0.1, 0.15) is 11.6 Å². The van der Waals surface area contributed by atoms with Crippen molar-refractivity contribution in [1.29, 1.82) is 5.26 Å². The molecule has 0 saturated carbocycles. The molecule has 0 radical (unpaired) electrons. The molecule has 0 fully saturated rings. The molecular formula is C15H16N4O. The van der Waals surface area contributed by atoms with E-state index in [1.165, 1.54) is 0 Å². The Morgan fingerprint density at radius 1 is 1.25 bits per heavy atom. The fourth-order valence-electron chi connectivity index (χ4n) is 1.87. The first-order valence-electron chi connectivity index (χ1n) is 6.28. The Bertz CT molecular complexity index is 631. The highest BCUT2D eigenvalue weighted by atomic mass is 16.5. The van der Waals surface area contributed by atoms with Crippen molar-refractivity contribution < 1.29 is 4.74 Å². The maximum Gasteiger partial charge on any atom is 0.218 e. The molecule has 0 aliphatic heterocycles. The predicted octanol–water partition coefficient (Wildman–Crippen LogP) is 2.84. The van der Waals surface area contributed by atoms with Gasteiger partial charge >= 0.3 is 0 Å². The van der Waals surface area contributed by atoms with E-state index in [-0.39, 0.29) is 6.04 Å². The minimum atomic E-state index is 0.0711. The maximum atomic E-state index is 8.79. The number of anilines is 1. The number of nitrogens with zero attached hydrogens (tertiary/aromatic N) is 3. The number of ether oxygens (including phenoxy) is 1. The molecule has 0 aliphatic carbocycles. The van der Waals surface area contributed by atoms with E-state index in [1.807, 2.05) is 26.0 Å². The van der Waals surface area contributed by atoms with Crippen molar-refractivity contribution in [1.82, 2.24) is 9.97 Å². The van der Waals surface area contributed by atoms with E-state index in [4.69, 9.17) is 10.00 Å². The van der Waals surface area contributed by atoms with Gasteiger partial charge in [-0.05, 0) is 31.5 Å². The van der Waals surface area contributed by atoms with Gasteiger partial charge in [-0.2, -0.15) is 10.2 Å². The van der Waals surface area contributed by atoms with Gasteiger partial charge in [0.15, 0.2) is 0 Å². The van der Waals surface area contributed by atoms with Crippen LogP contribution in [-0.4, -0.2) is 17.1 Å². The summed E-state index contributed by atoms with van der Waals surface area (Å²) in [5.41, 5.74) is 1.74. The lowest BCUT2D eigenvalue weighted by Gasteiger charge is -2.15. The van der Waals surface area contributed by atoms with Crippen molar-refractivity contribution in [3.05, 3.63) is 47.3 Å². The van der Waals surface area contributed by atoms with Crippen LogP contribution in [0.1, 0.15) is 29.9 Å². The number of benzene rings is 1. The van der Waals surface area contributed by atoms with Crippen LogP contribution in [-0.2, 0) is 0 Å². The summed E-state index contributed by atoms with van der Waals surface area (Å²) in [6.45, 7) is 3.85. The van der Waals surface area contributed by atoms with Crippen LogP contribution in [0.5, 0.6) is 5.88 Å². The third kappa shape index (κ3) is 3.23. The molecule has 0 saturated heterocycles. The van der Waals surface area contributed by atoms with Gasteiger partial charge in [0.05, 0.1) is 18.7 Å². The number of aromatic nitrogens is 2. The van der Waals surface area contributed by atoms with Crippen LogP contribution in [0.2, 0.25) is 0 Å². The normalized spacial score (nSPS) is 11.5. The summed E-state index contributed by atoms with van der Waals surface area (Å²) in [5, 5.41) is 12.1. The molecule has 1 aromatic carbocycles. The zero-order valence-electron chi connectivity index (χ0n) is 11.7. The molecule has 2 rings (SSSR count). The number of aryl methyl sites for hydroxylation is 1. The first-order valence-corrected chi connectivity index (χ1v) is 6.28. The van der Waals surface area contributed by atoms with E-state index < -0.39 is 0 Å². The molecule has 0 bridgehead atoms. The van der Waals surface area contributed by atoms with Crippen molar-refractivity contribution in [2.75, 3.05) is 12.4 Å². The maximum absolute atomic E-state index is 8.79. The Kier molecular flexibility index (Phi) is 4.16. The molecular weight excluding hydrogens is 252 g/mol. The van der Waals surface area contributed by atoms with E-state index in [2.05, 4.69) is 21.4 Å². The van der Waals surface area contributed by atoms with Crippen molar-refractivity contribution >= 4 is 5.82 Å². The Labute approximate surface area is 118 Å². The average Bonchev–Trinajstić information content (AvgIpc) is 2.46. The second-order valence-electron chi connectivity index (χ2n) is 4.44. The Morgan fingerprint density at radius 3 is 2.55 bits per heavy atom. The van der Waals surface area contributed by atoms with Crippen LogP contribution in [0, 0.1) is 18.3 Å². The van der Waals surface area contributed by atoms with Crippen LogP contribution < -0.4 is 10.1 Å². The highest BCUT2D eigenvalue weighted by molar-refractivity contribution is 5.42. The molecule has 5 heteroatoms. The SMILES string of the molecule is COc1cc(NC(C)c2ccc(C#N)cc2)nc(C)n1. The van der Waals surface area contributed by atoms with Gasteiger partial charge in [0.2, 0.25) is 5.88 Å². The summed E-state index contributed by atoms with van der Waals surface area (Å²) in [4.78, 5) is 8.47. The predicted molar refractivity (Wildman–Crippen MR) is 76.5 cm³/mol. The summed E-state index contributed by atoms with van der Waals surface area (Å²) in [6, 6.07) is 11.4. The number of hydrogen-bond acceptors (Lipinski definition) is 5. The minimum Gasteiger partial charge on any atom is -0.481 e. The topological polar surface area (TPSA) is 70.8 Å². The number of methoxy groups -OCH3 is 1. The lowest BCUT2D eigenvalue weighted by Crippen LogP contribution is -2.09. The van der Waals surface area contributed by atoms with Crippen molar-refractivity contribution in [3.8, 4) is 11.9 Å². The Morgan fingerprint density at radius 2 is 1.95 bits per heavy atom. The van der Waals surface area contributed by atoms with E-state index in [9.17, 15) is 0 Å². The summed E-state index contributed by atoms with van der Waals surface area (Å²) in [6.07, 6.45) is 0. The summed E-state index contributed by atoms with van der Waals surface area (Å²) < 4.78 is 5.13. The fraction of sp³-hybridized carbons (Fsp3) is 0.267. The number of rotatable bonds is 4. The molecule has 1 aromatic heterocycles. The average molecular weight is 268 g/mol. The first-order chi connectivity index (χ1) is 9.62. The third-order valence-corrected chi connectivity index (χ3v) is 2.93. The van der Waals surface area contributed by atoms with E-state index in [0.717, 1.165) is 5.56 Å². The number of hydrogen-bond donors (Lipinski definition) is 1. The van der Waals surface area contributed by atoms with Gasteiger partial charge in [0.25, 0.3) is 0 Å². The van der Waals surface area contributed by atoms with Gasteiger partial charge < -0.3 is 10.1 Å². The van der Waals surface area contributed by atoms with Crippen molar-refractivity contribution in [2.45, 2.75) is 19.9 Å². The molecule has 2 aromatic rings. The van der Waals surface area contributed by atoms with Crippen molar-refractivity contribution in [3.63, 3.8) is 0 Å². The molecule has 0 spiro atoms. The standard InChI is InChI=1S/C15H16N4O/c1-10(13-6-4-12(9-16)5-7-13)17-14-8-15(20-3)19-11(2)18-14/h4-8,10H,1-3H3,(H,17,18,19). The van der Waals surface area contributed by atoms with Gasteiger partial charge in [0, 0.05) is 12.1 Å². The fourth-order valence-corrected chi connectivity index (χ4v) is 1.87. The van der Waals surface area contributed by atoms with Crippen LogP contribution in [0.4, 0.5) is 5.82 Å². The van der Waals surface area contributed by atoms with Gasteiger partial charge in [-0.1, -0.05) is 12.1 Å². The second-order valence-corrected chi connectivity index (χ2v) is 4.44. The monoisotopic (exact) mass is 268 g/mol. The zero-order valence-corrected chi connectivity index (χ0v) is 11.7. The molecule has 0 aliphatic rings. The van der Waals surface area contributed by atoms with E-state index in [1.54, 1.807) is 25.3 Å². The summed E-state index contributed by atoms with van der Waals surface area (Å²) in [5.74, 6) is 1.90. The molecule has 102 valence electrons. The molecule has 5 nitrogen and oxygen atoms in total. The van der Waals surface area contributed by atoms with Gasteiger partial charge in [-0.3, -0.25) is 0 Å². The highest BCUT2D eigenvalue weighted by Crippen LogP contribution is 2.20. The lowest BCUT2D eigenvalue weighted by molar-refractivity contribution is 0.396. The molecule has 1 unspecified atom stereocenters. The highest BCUT2D eigenvalue weighted by Gasteiger charge is 2.08. The molecule has 20 heavy (non-hydrogen) atoms. The van der Waals surface area contributed by atoms with Crippen LogP contribution >= 0.6 is 0 Å². The largest absolute Gasteiger partial charge is 0.481 e. The summed E-state index contributed by atoms with van der Waals surface area (Å²) >= 11 is 0. The smallest absolute Gasteiger partial charge is 0.218 e. The zero-order chi connectivity index (χ0) is 14.5. The molecule has 0 amide bonds. The Balaban J connectivity index is 2.16. The lowest BCUT2D eigenvalue weighted by atomic mass is 10.1. The third-order valence-electron chi connectivity index (χ3n) is 2.93. The first kappa shape index (κ1) is 13.8. The van der Waals surface area contributed by atoms with Crippen LogP contribution in [0.25, 0.3) is 0 Å². The van der Waals surface area contributed by atoms with Crippen LogP contribution in [0.15, 0.2) is 30.3 Å². The molecule has 1 atom stereocenters. The van der Waals surface area contributed by atoms with Crippen molar-refractivity contribution in [2.24, 2.45) is 0 Å². The molecule has 1 N–H and O–H groups in total. The van der Waals surface area contributed by atoms with Crippen LogP contribution in [0.3, 0.4) is 0 Å². The Hall–Kier alpha value is -2.61. The van der Waals surface area contributed by atoms with Gasteiger partial charge in [-0.25, -0.2) is 4.98 Å². The summed E-state index contributed by atoms with van der Waals surface area (Å²) in [7, 11) is 1.58. The van der Waals surface area contributed by atoms with E-state index >= 15 is 0 Å². The minimum absolute atomic E-state index is 0.0711.